The fourth-order valence-electron chi connectivity index (χ4n) is 1.42. The highest BCUT2D eigenvalue weighted by Gasteiger charge is 2.11. The van der Waals surface area contributed by atoms with Gasteiger partial charge >= 0.3 is 0 Å². The molecule has 0 fully saturated rings. The summed E-state index contributed by atoms with van der Waals surface area (Å²) in [6, 6.07) is 10.6. The Bertz CT molecular complexity index is 679. The Morgan fingerprint density at radius 1 is 1.37 bits per heavy atom. The molecule has 0 aliphatic heterocycles. The van der Waals surface area contributed by atoms with Crippen LogP contribution in [0.2, 0.25) is 0 Å². The number of benzene rings is 1. The van der Waals surface area contributed by atoms with Crippen molar-refractivity contribution in [3.05, 3.63) is 52.1 Å². The number of rotatable bonds is 3. The molecule has 0 radical (unpaired) electrons. The predicted molar refractivity (Wildman–Crippen MR) is 66.5 cm³/mol. The van der Waals surface area contributed by atoms with E-state index in [1.54, 1.807) is 18.2 Å². The second-order valence-corrected chi connectivity index (χ2v) is 3.59. The van der Waals surface area contributed by atoms with Gasteiger partial charge in [-0.3, -0.25) is 10.1 Å². The first-order chi connectivity index (χ1) is 9.08. The molecule has 2 rings (SSSR count). The van der Waals surface area contributed by atoms with Crippen LogP contribution in [-0.4, -0.2) is 9.91 Å². The molecule has 19 heavy (non-hydrogen) atoms. The fraction of sp³-hybridized carbons (Fsp3) is 0. The number of nitrogen functional groups attached to an aromatic ring is 1. The molecule has 7 heteroatoms. The molecule has 1 aromatic heterocycles. The SMILES string of the molecule is N#Cc1cccc(Oc2cc([N+](=O)[O-])cc(N)n2)c1. The van der Waals surface area contributed by atoms with Gasteiger partial charge in [-0.05, 0) is 18.2 Å². The van der Waals surface area contributed by atoms with Gasteiger partial charge in [-0.25, -0.2) is 0 Å². The fourth-order valence-corrected chi connectivity index (χ4v) is 1.42. The number of hydrogen-bond donors (Lipinski definition) is 1. The third-order valence-electron chi connectivity index (χ3n) is 2.20. The van der Waals surface area contributed by atoms with Crippen LogP contribution in [-0.2, 0) is 0 Å². The van der Waals surface area contributed by atoms with Gasteiger partial charge in [0.05, 0.1) is 28.7 Å². The van der Waals surface area contributed by atoms with Crippen molar-refractivity contribution >= 4 is 11.5 Å². The van der Waals surface area contributed by atoms with Crippen LogP contribution in [0.5, 0.6) is 11.6 Å². The maximum Gasteiger partial charge on any atom is 0.278 e. The zero-order chi connectivity index (χ0) is 13.8. The highest BCUT2D eigenvalue weighted by molar-refractivity contribution is 5.46. The van der Waals surface area contributed by atoms with Crippen LogP contribution in [0, 0.1) is 21.4 Å². The Morgan fingerprint density at radius 3 is 2.84 bits per heavy atom. The van der Waals surface area contributed by atoms with Crippen LogP contribution in [0.3, 0.4) is 0 Å². The third kappa shape index (κ3) is 2.95. The van der Waals surface area contributed by atoms with E-state index < -0.39 is 4.92 Å². The minimum atomic E-state index is -0.587. The summed E-state index contributed by atoms with van der Waals surface area (Å²) >= 11 is 0. The lowest BCUT2D eigenvalue weighted by molar-refractivity contribution is -0.384. The second-order valence-electron chi connectivity index (χ2n) is 3.59. The molecule has 0 atom stereocenters. The van der Waals surface area contributed by atoms with Crippen molar-refractivity contribution in [1.82, 2.24) is 4.98 Å². The van der Waals surface area contributed by atoms with Gasteiger partial charge in [-0.1, -0.05) is 6.07 Å². The summed E-state index contributed by atoms with van der Waals surface area (Å²) in [4.78, 5) is 13.9. The van der Waals surface area contributed by atoms with Crippen LogP contribution >= 0.6 is 0 Å². The molecule has 0 aliphatic carbocycles. The largest absolute Gasteiger partial charge is 0.439 e. The summed E-state index contributed by atoms with van der Waals surface area (Å²) in [7, 11) is 0. The lowest BCUT2D eigenvalue weighted by atomic mass is 10.2. The van der Waals surface area contributed by atoms with Crippen molar-refractivity contribution in [3.63, 3.8) is 0 Å². The molecule has 0 aliphatic rings. The molecule has 1 heterocycles. The van der Waals surface area contributed by atoms with Gasteiger partial charge in [0, 0.05) is 0 Å². The molecule has 7 nitrogen and oxygen atoms in total. The summed E-state index contributed by atoms with van der Waals surface area (Å²) in [5.74, 6) is 0.342. The van der Waals surface area contributed by atoms with Gasteiger partial charge in [-0.15, -0.1) is 0 Å². The summed E-state index contributed by atoms with van der Waals surface area (Å²) in [5.41, 5.74) is 5.66. The zero-order valence-electron chi connectivity index (χ0n) is 9.61. The van der Waals surface area contributed by atoms with E-state index in [-0.39, 0.29) is 17.4 Å². The van der Waals surface area contributed by atoms with Crippen molar-refractivity contribution in [1.29, 1.82) is 5.26 Å². The van der Waals surface area contributed by atoms with Crippen LogP contribution < -0.4 is 10.5 Å². The highest BCUT2D eigenvalue weighted by atomic mass is 16.6. The molecule has 1 aromatic carbocycles. The average molecular weight is 256 g/mol. The topological polar surface area (TPSA) is 115 Å². The van der Waals surface area contributed by atoms with Gasteiger partial charge in [0.15, 0.2) is 0 Å². The van der Waals surface area contributed by atoms with Crippen molar-refractivity contribution in [3.8, 4) is 17.7 Å². The molecule has 2 N–H and O–H groups in total. The minimum absolute atomic E-state index is 0.00166. The van der Waals surface area contributed by atoms with E-state index in [0.717, 1.165) is 12.1 Å². The molecular weight excluding hydrogens is 248 g/mol. The molecule has 2 aromatic rings. The lowest BCUT2D eigenvalue weighted by Crippen LogP contribution is -1.97. The number of nitro groups is 1. The van der Waals surface area contributed by atoms with E-state index in [4.69, 9.17) is 15.7 Å². The van der Waals surface area contributed by atoms with Gasteiger partial charge < -0.3 is 10.5 Å². The zero-order valence-corrected chi connectivity index (χ0v) is 9.61. The van der Waals surface area contributed by atoms with Crippen molar-refractivity contribution in [2.45, 2.75) is 0 Å². The Balaban J connectivity index is 2.33. The van der Waals surface area contributed by atoms with Gasteiger partial charge in [0.2, 0.25) is 5.88 Å². The monoisotopic (exact) mass is 256 g/mol. The van der Waals surface area contributed by atoms with Crippen LogP contribution in [0.4, 0.5) is 11.5 Å². The van der Waals surface area contributed by atoms with E-state index in [0.29, 0.717) is 11.3 Å². The predicted octanol–water partition coefficient (Wildman–Crippen LogP) is 2.24. The summed E-state index contributed by atoms with van der Waals surface area (Å²) in [5, 5.41) is 19.4. The number of nitrogens with two attached hydrogens (primary N) is 1. The molecule has 0 saturated heterocycles. The maximum absolute atomic E-state index is 10.7. The number of hydrogen-bond acceptors (Lipinski definition) is 6. The Morgan fingerprint density at radius 2 is 2.16 bits per heavy atom. The molecule has 0 spiro atoms. The molecular formula is C12H8N4O3. The summed E-state index contributed by atoms with van der Waals surface area (Å²) in [6.45, 7) is 0. The molecule has 0 bridgehead atoms. The number of pyridine rings is 1. The summed E-state index contributed by atoms with van der Waals surface area (Å²) < 4.78 is 5.35. The lowest BCUT2D eigenvalue weighted by Gasteiger charge is -2.05. The maximum atomic E-state index is 10.7. The number of nitrogens with zero attached hydrogens (tertiary/aromatic N) is 3. The number of nitriles is 1. The number of anilines is 1. The Hall–Kier alpha value is -3.14. The van der Waals surface area contributed by atoms with E-state index in [1.165, 1.54) is 6.07 Å². The van der Waals surface area contributed by atoms with Crippen molar-refractivity contribution in [2.24, 2.45) is 0 Å². The second kappa shape index (κ2) is 5.01. The van der Waals surface area contributed by atoms with Gasteiger partial charge in [0.1, 0.15) is 11.6 Å². The van der Waals surface area contributed by atoms with Crippen molar-refractivity contribution < 1.29 is 9.66 Å². The first-order valence-corrected chi connectivity index (χ1v) is 5.18. The number of ether oxygens (including phenoxy) is 1. The van der Waals surface area contributed by atoms with Crippen LogP contribution in [0.25, 0.3) is 0 Å². The summed E-state index contributed by atoms with van der Waals surface area (Å²) in [6.07, 6.45) is 0. The van der Waals surface area contributed by atoms with E-state index in [1.807, 2.05) is 6.07 Å². The van der Waals surface area contributed by atoms with Gasteiger partial charge in [0.25, 0.3) is 5.69 Å². The Kier molecular flexibility index (Phi) is 3.25. The number of aromatic nitrogens is 1. The first-order valence-electron chi connectivity index (χ1n) is 5.18. The standard InChI is InChI=1S/C12H8N4O3/c13-7-8-2-1-3-10(4-8)19-12-6-9(16(17)18)5-11(14)15-12/h1-6H,(H2,14,15). The molecule has 0 unspecified atom stereocenters. The average Bonchev–Trinajstić information content (AvgIpc) is 2.38. The van der Waals surface area contributed by atoms with E-state index in [9.17, 15) is 10.1 Å². The molecule has 94 valence electrons. The smallest absolute Gasteiger partial charge is 0.278 e. The normalized spacial score (nSPS) is 9.63. The highest BCUT2D eigenvalue weighted by Crippen LogP contribution is 2.25. The van der Waals surface area contributed by atoms with Crippen LogP contribution in [0.1, 0.15) is 5.56 Å². The first kappa shape index (κ1) is 12.3. The third-order valence-corrected chi connectivity index (χ3v) is 2.20. The van der Waals surface area contributed by atoms with E-state index in [2.05, 4.69) is 4.98 Å². The Labute approximate surface area is 108 Å². The molecule has 0 amide bonds. The van der Waals surface area contributed by atoms with Crippen LogP contribution in [0.15, 0.2) is 36.4 Å². The van der Waals surface area contributed by atoms with Crippen molar-refractivity contribution in [2.75, 3.05) is 5.73 Å². The quantitative estimate of drug-likeness (QED) is 0.665. The molecule has 0 saturated carbocycles. The minimum Gasteiger partial charge on any atom is -0.439 e. The van der Waals surface area contributed by atoms with E-state index >= 15 is 0 Å². The van der Waals surface area contributed by atoms with Gasteiger partial charge in [-0.2, -0.15) is 10.2 Å².